The maximum Gasteiger partial charge on any atom is 0.276 e. The Hall–Kier alpha value is -5.11. The number of hydrogen-bond acceptors (Lipinski definition) is 6. The van der Waals surface area contributed by atoms with Gasteiger partial charge >= 0.3 is 0 Å². The van der Waals surface area contributed by atoms with Crippen molar-refractivity contribution in [2.75, 3.05) is 5.32 Å². The zero-order chi connectivity index (χ0) is 25.9. The number of hydrogen-bond donors (Lipinski definition) is 2. The number of Topliss-reactive ketones (excluding diaryl/α,β-unsaturated/α-hetero) is 1. The monoisotopic (exact) mass is 501 g/mol. The summed E-state index contributed by atoms with van der Waals surface area (Å²) in [5.41, 5.74) is 3.78. The number of benzene rings is 3. The van der Waals surface area contributed by atoms with E-state index in [-0.39, 0.29) is 23.8 Å². The summed E-state index contributed by atoms with van der Waals surface area (Å²) >= 11 is 0. The normalized spacial score (nSPS) is 12.6. The van der Waals surface area contributed by atoms with Crippen molar-refractivity contribution in [2.24, 2.45) is 4.99 Å². The molecule has 3 heterocycles. The molecule has 3 aromatic carbocycles. The predicted molar refractivity (Wildman–Crippen MR) is 147 cm³/mol. The number of anilines is 1. The largest absolute Gasteiger partial charge is 0.489 e. The van der Waals surface area contributed by atoms with Crippen molar-refractivity contribution in [1.29, 1.82) is 0 Å². The van der Waals surface area contributed by atoms with E-state index in [2.05, 4.69) is 25.3 Å². The molecule has 38 heavy (non-hydrogen) atoms. The number of fused-ring (bicyclic) bond motifs is 2. The highest BCUT2D eigenvalue weighted by molar-refractivity contribution is 6.15. The van der Waals surface area contributed by atoms with Gasteiger partial charge in [0, 0.05) is 41.9 Å². The lowest BCUT2D eigenvalue weighted by Crippen LogP contribution is -2.14. The van der Waals surface area contributed by atoms with Crippen LogP contribution in [0.2, 0.25) is 0 Å². The van der Waals surface area contributed by atoms with Gasteiger partial charge in [0.2, 0.25) is 5.95 Å². The standard InChI is InChI=1S/C30H23N5O3/c36-27(16-22-8-5-13-31-22)24-9-4-10-25-28(24)34-30(33-25)35-29(37)26-15-21-14-23(12-11-20(21)17-32-26)38-18-19-6-2-1-3-7-19/h1-7,9-15,17H,8,16,18H2,(H2,33,34,35,37). The van der Waals surface area contributed by atoms with Crippen LogP contribution in [0.15, 0.2) is 96.3 Å². The minimum absolute atomic E-state index is 0.0658. The summed E-state index contributed by atoms with van der Waals surface area (Å²) in [6.45, 7) is 0.451. The molecule has 8 nitrogen and oxygen atoms in total. The van der Waals surface area contributed by atoms with Crippen molar-refractivity contribution in [2.45, 2.75) is 19.4 Å². The SMILES string of the molecule is O=C(Nc1nc2c(C(=O)CC3=NC=CC3)cccc2[nH]1)c1cc2cc(OCc3ccccc3)ccc2cn1. The van der Waals surface area contributed by atoms with Crippen LogP contribution < -0.4 is 10.1 Å². The molecule has 5 aromatic rings. The Morgan fingerprint density at radius 2 is 1.87 bits per heavy atom. The van der Waals surface area contributed by atoms with Crippen molar-refractivity contribution in [3.63, 3.8) is 0 Å². The highest BCUT2D eigenvalue weighted by atomic mass is 16.5. The van der Waals surface area contributed by atoms with Crippen molar-refractivity contribution in [1.82, 2.24) is 15.0 Å². The highest BCUT2D eigenvalue weighted by Crippen LogP contribution is 2.24. The number of ketones is 1. The third kappa shape index (κ3) is 4.92. The molecule has 2 N–H and O–H groups in total. The number of imidazole rings is 1. The molecule has 6 rings (SSSR count). The number of aliphatic imine (C=N–C) groups is 1. The van der Waals surface area contributed by atoms with Gasteiger partial charge < -0.3 is 9.72 Å². The Labute approximate surface area is 218 Å². The van der Waals surface area contributed by atoms with Crippen LogP contribution >= 0.6 is 0 Å². The molecule has 0 saturated heterocycles. The second-order valence-corrected chi connectivity index (χ2v) is 8.98. The topological polar surface area (TPSA) is 109 Å². The van der Waals surface area contributed by atoms with E-state index in [9.17, 15) is 9.59 Å². The van der Waals surface area contributed by atoms with E-state index in [4.69, 9.17) is 4.74 Å². The molecule has 0 spiro atoms. The molecule has 0 bridgehead atoms. The summed E-state index contributed by atoms with van der Waals surface area (Å²) in [5, 5.41) is 4.49. The summed E-state index contributed by atoms with van der Waals surface area (Å²) in [6, 6.07) is 22.7. The molecule has 0 radical (unpaired) electrons. The molecule has 0 aliphatic carbocycles. The number of rotatable bonds is 8. The number of allylic oxidation sites excluding steroid dienone is 1. The lowest BCUT2D eigenvalue weighted by molar-refractivity contribution is 0.0998. The van der Waals surface area contributed by atoms with Gasteiger partial charge in [-0.25, -0.2) is 4.98 Å². The molecule has 0 unspecified atom stereocenters. The predicted octanol–water partition coefficient (Wildman–Crippen LogP) is 5.87. The second kappa shape index (κ2) is 10.1. The van der Waals surface area contributed by atoms with Gasteiger partial charge in [-0.15, -0.1) is 0 Å². The first-order chi connectivity index (χ1) is 18.6. The Kier molecular flexibility index (Phi) is 6.19. The lowest BCUT2D eigenvalue weighted by atomic mass is 10.0. The number of ether oxygens (including phenoxy) is 1. The van der Waals surface area contributed by atoms with Gasteiger partial charge in [0.15, 0.2) is 5.78 Å². The van der Waals surface area contributed by atoms with Gasteiger partial charge in [0.25, 0.3) is 5.91 Å². The van der Waals surface area contributed by atoms with E-state index < -0.39 is 5.91 Å². The molecular weight excluding hydrogens is 478 g/mol. The number of para-hydroxylation sites is 1. The first-order valence-corrected chi connectivity index (χ1v) is 12.2. The number of carbonyl (C=O) groups excluding carboxylic acids is 2. The Morgan fingerprint density at radius 3 is 2.71 bits per heavy atom. The van der Waals surface area contributed by atoms with Gasteiger partial charge in [-0.05, 0) is 47.3 Å². The fourth-order valence-corrected chi connectivity index (χ4v) is 4.36. The summed E-state index contributed by atoms with van der Waals surface area (Å²) in [6.07, 6.45) is 6.21. The van der Waals surface area contributed by atoms with Crippen LogP contribution in [0.5, 0.6) is 5.75 Å². The quantitative estimate of drug-likeness (QED) is 0.258. The maximum atomic E-state index is 13.0. The van der Waals surface area contributed by atoms with E-state index in [0.717, 1.165) is 22.0 Å². The number of H-pyrrole nitrogens is 1. The van der Waals surface area contributed by atoms with Crippen molar-refractivity contribution < 1.29 is 14.3 Å². The highest BCUT2D eigenvalue weighted by Gasteiger charge is 2.18. The fraction of sp³-hybridized carbons (Fsp3) is 0.100. The minimum Gasteiger partial charge on any atom is -0.489 e. The van der Waals surface area contributed by atoms with Gasteiger partial charge in [-0.1, -0.05) is 42.5 Å². The second-order valence-electron chi connectivity index (χ2n) is 8.98. The lowest BCUT2D eigenvalue weighted by Gasteiger charge is -2.08. The van der Waals surface area contributed by atoms with E-state index in [0.29, 0.717) is 35.4 Å². The molecule has 1 aliphatic rings. The van der Waals surface area contributed by atoms with Gasteiger partial charge in [-0.2, -0.15) is 0 Å². The number of aromatic amines is 1. The van der Waals surface area contributed by atoms with E-state index >= 15 is 0 Å². The van der Waals surface area contributed by atoms with Crippen LogP contribution in [0.25, 0.3) is 21.8 Å². The number of nitrogens with zero attached hydrogens (tertiary/aromatic N) is 3. The number of nitrogens with one attached hydrogen (secondary N) is 2. The van der Waals surface area contributed by atoms with Gasteiger partial charge in [0.05, 0.1) is 5.52 Å². The molecule has 1 aliphatic heterocycles. The third-order valence-corrected chi connectivity index (χ3v) is 6.30. The summed E-state index contributed by atoms with van der Waals surface area (Å²) in [7, 11) is 0. The molecule has 0 fully saturated rings. The zero-order valence-electron chi connectivity index (χ0n) is 20.3. The Balaban J connectivity index is 1.19. The van der Waals surface area contributed by atoms with Crippen LogP contribution in [0.3, 0.4) is 0 Å². The molecule has 2 aromatic heterocycles. The van der Waals surface area contributed by atoms with Gasteiger partial charge in [0.1, 0.15) is 23.6 Å². The molecule has 186 valence electrons. The number of carbonyl (C=O) groups is 2. The summed E-state index contributed by atoms with van der Waals surface area (Å²) in [5.74, 6) is 0.462. The molecular formula is C30H23N5O3. The zero-order valence-corrected chi connectivity index (χ0v) is 20.3. The third-order valence-electron chi connectivity index (χ3n) is 6.30. The van der Waals surface area contributed by atoms with Crippen LogP contribution in [-0.2, 0) is 6.61 Å². The smallest absolute Gasteiger partial charge is 0.276 e. The average molecular weight is 502 g/mol. The van der Waals surface area contributed by atoms with Crippen molar-refractivity contribution in [3.05, 3.63) is 108 Å². The van der Waals surface area contributed by atoms with Crippen molar-refractivity contribution >= 4 is 45.2 Å². The van der Waals surface area contributed by atoms with E-state index in [1.165, 1.54) is 0 Å². The summed E-state index contributed by atoms with van der Waals surface area (Å²) < 4.78 is 5.93. The first kappa shape index (κ1) is 23.3. The maximum absolute atomic E-state index is 13.0. The van der Waals surface area contributed by atoms with Gasteiger partial charge in [-0.3, -0.25) is 24.9 Å². The van der Waals surface area contributed by atoms with Crippen LogP contribution in [0, 0.1) is 0 Å². The fourth-order valence-electron chi connectivity index (χ4n) is 4.36. The Morgan fingerprint density at radius 1 is 0.974 bits per heavy atom. The number of amides is 1. The van der Waals surface area contributed by atoms with Crippen LogP contribution in [-0.4, -0.2) is 32.4 Å². The Bertz CT molecular complexity index is 1740. The minimum atomic E-state index is -0.416. The molecule has 1 amide bonds. The number of pyridine rings is 1. The molecule has 0 atom stereocenters. The van der Waals surface area contributed by atoms with E-state index in [1.807, 2.05) is 60.7 Å². The number of aromatic nitrogens is 3. The van der Waals surface area contributed by atoms with Crippen LogP contribution in [0.4, 0.5) is 5.95 Å². The molecule has 8 heteroatoms. The molecule has 0 saturated carbocycles. The van der Waals surface area contributed by atoms with E-state index in [1.54, 1.807) is 30.6 Å². The van der Waals surface area contributed by atoms with Crippen LogP contribution in [0.1, 0.15) is 39.3 Å². The first-order valence-electron chi connectivity index (χ1n) is 12.2. The van der Waals surface area contributed by atoms with Crippen molar-refractivity contribution in [3.8, 4) is 5.75 Å². The average Bonchev–Trinajstić information content (AvgIpc) is 3.61. The summed E-state index contributed by atoms with van der Waals surface area (Å²) in [4.78, 5) is 42.0.